The first-order valence-electron chi connectivity index (χ1n) is 5.67. The van der Waals surface area contributed by atoms with E-state index in [2.05, 4.69) is 20.9 Å². The van der Waals surface area contributed by atoms with E-state index in [-0.39, 0.29) is 5.91 Å². The molecule has 98 valence electrons. The summed E-state index contributed by atoms with van der Waals surface area (Å²) in [6, 6.07) is 12.6. The van der Waals surface area contributed by atoms with Crippen LogP contribution in [0.4, 0.5) is 5.69 Å². The van der Waals surface area contributed by atoms with Crippen molar-refractivity contribution in [1.29, 1.82) is 0 Å². The van der Waals surface area contributed by atoms with Gasteiger partial charge in [0.15, 0.2) is 0 Å². The van der Waals surface area contributed by atoms with Crippen molar-refractivity contribution >= 4 is 27.5 Å². The van der Waals surface area contributed by atoms with Crippen molar-refractivity contribution in [2.75, 3.05) is 19.1 Å². The standard InChI is InChI=1S/C14H13BrN2O2/c1-17(11-7-3-4-8-12(11)19-2)14(18)10-6-5-9-13(15)16-10/h3-9H,1-2H3. The number of rotatable bonds is 3. The quantitative estimate of drug-likeness (QED) is 0.816. The van der Waals surface area contributed by atoms with Crippen LogP contribution in [0, 0.1) is 0 Å². The van der Waals surface area contributed by atoms with Crippen molar-refractivity contribution in [3.63, 3.8) is 0 Å². The summed E-state index contributed by atoms with van der Waals surface area (Å²) in [6.45, 7) is 0. The molecule has 1 heterocycles. The van der Waals surface area contributed by atoms with E-state index in [0.29, 0.717) is 21.7 Å². The number of hydrogen-bond donors (Lipinski definition) is 0. The predicted molar refractivity (Wildman–Crippen MR) is 77.7 cm³/mol. The Bertz CT molecular complexity index is 602. The molecule has 0 spiro atoms. The minimum atomic E-state index is -0.189. The topological polar surface area (TPSA) is 42.4 Å². The number of amides is 1. The van der Waals surface area contributed by atoms with Crippen molar-refractivity contribution in [2.24, 2.45) is 0 Å². The van der Waals surface area contributed by atoms with Crippen molar-refractivity contribution < 1.29 is 9.53 Å². The molecule has 0 saturated carbocycles. The molecule has 2 aromatic rings. The number of para-hydroxylation sites is 2. The number of halogens is 1. The van der Waals surface area contributed by atoms with Crippen molar-refractivity contribution in [2.45, 2.75) is 0 Å². The molecule has 0 aliphatic carbocycles. The first-order valence-corrected chi connectivity index (χ1v) is 6.46. The maximum Gasteiger partial charge on any atom is 0.276 e. The van der Waals surface area contributed by atoms with Gasteiger partial charge in [0.05, 0.1) is 12.8 Å². The molecule has 4 nitrogen and oxygen atoms in total. The van der Waals surface area contributed by atoms with Crippen molar-refractivity contribution in [3.05, 3.63) is 52.8 Å². The van der Waals surface area contributed by atoms with Crippen LogP contribution in [-0.4, -0.2) is 25.0 Å². The zero-order chi connectivity index (χ0) is 13.8. The molecule has 0 radical (unpaired) electrons. The summed E-state index contributed by atoms with van der Waals surface area (Å²) >= 11 is 3.26. The molecule has 0 atom stereocenters. The Morgan fingerprint density at radius 2 is 1.95 bits per heavy atom. The van der Waals surface area contributed by atoms with E-state index in [0.717, 1.165) is 0 Å². The lowest BCUT2D eigenvalue weighted by Gasteiger charge is -2.19. The molecule has 0 saturated heterocycles. The van der Waals surface area contributed by atoms with Crippen LogP contribution in [-0.2, 0) is 0 Å². The van der Waals surface area contributed by atoms with Crippen LogP contribution in [0.25, 0.3) is 0 Å². The van der Waals surface area contributed by atoms with Gasteiger partial charge in [0.25, 0.3) is 5.91 Å². The first kappa shape index (κ1) is 13.5. The third kappa shape index (κ3) is 2.93. The Balaban J connectivity index is 2.33. The van der Waals surface area contributed by atoms with Gasteiger partial charge in [-0.3, -0.25) is 4.79 Å². The Labute approximate surface area is 120 Å². The number of carbonyl (C=O) groups is 1. The van der Waals surface area contributed by atoms with Crippen LogP contribution in [0.3, 0.4) is 0 Å². The molecular weight excluding hydrogens is 308 g/mol. The Hall–Kier alpha value is -1.88. The van der Waals surface area contributed by atoms with Crippen LogP contribution in [0.1, 0.15) is 10.5 Å². The number of pyridine rings is 1. The first-order chi connectivity index (χ1) is 9.13. The molecular formula is C14H13BrN2O2. The smallest absolute Gasteiger partial charge is 0.276 e. The largest absolute Gasteiger partial charge is 0.495 e. The van der Waals surface area contributed by atoms with Gasteiger partial charge in [-0.2, -0.15) is 0 Å². The Kier molecular flexibility index (Phi) is 4.16. The highest BCUT2D eigenvalue weighted by molar-refractivity contribution is 9.10. The third-order valence-electron chi connectivity index (χ3n) is 2.69. The van der Waals surface area contributed by atoms with Crippen LogP contribution in [0.15, 0.2) is 47.1 Å². The van der Waals surface area contributed by atoms with E-state index < -0.39 is 0 Å². The highest BCUT2D eigenvalue weighted by atomic mass is 79.9. The summed E-state index contributed by atoms with van der Waals surface area (Å²) in [7, 11) is 3.28. The summed E-state index contributed by atoms with van der Waals surface area (Å²) < 4.78 is 5.88. The molecule has 0 unspecified atom stereocenters. The summed E-state index contributed by atoms with van der Waals surface area (Å²) in [5.74, 6) is 0.458. The predicted octanol–water partition coefficient (Wildman–Crippen LogP) is 3.13. The molecule has 0 aliphatic heterocycles. The summed E-state index contributed by atoms with van der Waals surface area (Å²) in [6.07, 6.45) is 0. The second kappa shape index (κ2) is 5.84. The van der Waals surface area contributed by atoms with E-state index in [1.807, 2.05) is 24.3 Å². The average molecular weight is 321 g/mol. The maximum absolute atomic E-state index is 12.4. The van der Waals surface area contributed by atoms with Gasteiger partial charge in [0.2, 0.25) is 0 Å². The number of carbonyl (C=O) groups excluding carboxylic acids is 1. The van der Waals surface area contributed by atoms with Crippen LogP contribution in [0.5, 0.6) is 5.75 Å². The van der Waals surface area contributed by atoms with Gasteiger partial charge in [-0.15, -0.1) is 0 Å². The van der Waals surface area contributed by atoms with E-state index in [4.69, 9.17) is 4.74 Å². The molecule has 0 bridgehead atoms. The van der Waals surface area contributed by atoms with Crippen LogP contribution < -0.4 is 9.64 Å². The van der Waals surface area contributed by atoms with Gasteiger partial charge in [-0.25, -0.2) is 4.98 Å². The molecule has 5 heteroatoms. The second-order valence-corrected chi connectivity index (χ2v) is 4.69. The summed E-state index contributed by atoms with van der Waals surface area (Å²) in [5.41, 5.74) is 1.08. The molecule has 1 aromatic heterocycles. The molecule has 0 N–H and O–H groups in total. The number of aromatic nitrogens is 1. The monoisotopic (exact) mass is 320 g/mol. The lowest BCUT2D eigenvalue weighted by Crippen LogP contribution is -2.27. The van der Waals surface area contributed by atoms with Gasteiger partial charge in [0.1, 0.15) is 16.0 Å². The van der Waals surface area contributed by atoms with Gasteiger partial charge in [0, 0.05) is 7.05 Å². The minimum absolute atomic E-state index is 0.189. The average Bonchev–Trinajstić information content (AvgIpc) is 2.45. The van der Waals surface area contributed by atoms with Crippen molar-refractivity contribution in [1.82, 2.24) is 4.98 Å². The van der Waals surface area contributed by atoms with E-state index in [9.17, 15) is 4.79 Å². The minimum Gasteiger partial charge on any atom is -0.495 e. The number of benzene rings is 1. The molecule has 0 aliphatic rings. The summed E-state index contributed by atoms with van der Waals surface area (Å²) in [4.78, 5) is 18.0. The van der Waals surface area contributed by atoms with Gasteiger partial charge >= 0.3 is 0 Å². The fourth-order valence-corrected chi connectivity index (χ4v) is 2.06. The van der Waals surface area contributed by atoms with Gasteiger partial charge < -0.3 is 9.64 Å². The normalized spacial score (nSPS) is 10.1. The number of ether oxygens (including phenoxy) is 1. The number of nitrogens with zero attached hydrogens (tertiary/aromatic N) is 2. The fourth-order valence-electron chi connectivity index (χ4n) is 1.72. The fraction of sp³-hybridized carbons (Fsp3) is 0.143. The van der Waals surface area contributed by atoms with Crippen LogP contribution >= 0.6 is 15.9 Å². The third-order valence-corrected chi connectivity index (χ3v) is 3.13. The molecule has 2 rings (SSSR count). The molecule has 1 aromatic carbocycles. The lowest BCUT2D eigenvalue weighted by molar-refractivity contribution is 0.0987. The highest BCUT2D eigenvalue weighted by Crippen LogP contribution is 2.27. The van der Waals surface area contributed by atoms with Gasteiger partial charge in [-0.1, -0.05) is 18.2 Å². The van der Waals surface area contributed by atoms with E-state index in [1.54, 1.807) is 32.4 Å². The number of methoxy groups -OCH3 is 1. The highest BCUT2D eigenvalue weighted by Gasteiger charge is 2.17. The Morgan fingerprint density at radius 3 is 2.63 bits per heavy atom. The lowest BCUT2D eigenvalue weighted by atomic mass is 10.2. The maximum atomic E-state index is 12.4. The Morgan fingerprint density at radius 1 is 1.21 bits per heavy atom. The molecule has 1 amide bonds. The SMILES string of the molecule is COc1ccccc1N(C)C(=O)c1cccc(Br)n1. The van der Waals surface area contributed by atoms with E-state index >= 15 is 0 Å². The van der Waals surface area contributed by atoms with Crippen molar-refractivity contribution in [3.8, 4) is 5.75 Å². The van der Waals surface area contributed by atoms with Gasteiger partial charge in [-0.05, 0) is 40.2 Å². The molecule has 19 heavy (non-hydrogen) atoms. The summed E-state index contributed by atoms with van der Waals surface area (Å²) in [5, 5.41) is 0. The molecule has 0 fully saturated rings. The number of anilines is 1. The number of hydrogen-bond acceptors (Lipinski definition) is 3. The van der Waals surface area contributed by atoms with Crippen LogP contribution in [0.2, 0.25) is 0 Å². The zero-order valence-corrected chi connectivity index (χ0v) is 12.2. The second-order valence-electron chi connectivity index (χ2n) is 3.88. The van der Waals surface area contributed by atoms with E-state index in [1.165, 1.54) is 4.90 Å². The zero-order valence-electron chi connectivity index (χ0n) is 10.6.